The predicted octanol–water partition coefficient (Wildman–Crippen LogP) is 2.08. The molecule has 2 N–H and O–H groups in total. The van der Waals surface area contributed by atoms with E-state index in [-0.39, 0.29) is 29.7 Å². The summed E-state index contributed by atoms with van der Waals surface area (Å²) >= 11 is 0. The molecule has 9 heteroatoms. The molecule has 0 aromatic heterocycles. The third kappa shape index (κ3) is 9.53. The predicted molar refractivity (Wildman–Crippen MR) is 122 cm³/mol. The summed E-state index contributed by atoms with van der Waals surface area (Å²) in [6.45, 7) is 6.69. The molecule has 0 aliphatic carbocycles. The van der Waals surface area contributed by atoms with Crippen LogP contribution in [0.15, 0.2) is 40.2 Å². The number of benzene rings is 1. The monoisotopic (exact) mass is 525 g/mol. The Morgan fingerprint density at radius 2 is 2.07 bits per heavy atom. The SMILES string of the molecule is CCNC(=NCCCOCC1CCOC1)NCCS(=O)(=O)c1ccccc1.I. The highest BCUT2D eigenvalue weighted by molar-refractivity contribution is 14.0. The van der Waals surface area contributed by atoms with Crippen LogP contribution < -0.4 is 10.6 Å². The van der Waals surface area contributed by atoms with Crippen molar-refractivity contribution < 1.29 is 17.9 Å². The molecule has 0 radical (unpaired) electrons. The number of ether oxygens (including phenoxy) is 2. The number of hydrogen-bond donors (Lipinski definition) is 2. The van der Waals surface area contributed by atoms with Gasteiger partial charge >= 0.3 is 0 Å². The Morgan fingerprint density at radius 3 is 2.75 bits per heavy atom. The Morgan fingerprint density at radius 1 is 1.29 bits per heavy atom. The fourth-order valence-corrected chi connectivity index (χ4v) is 3.89. The molecule has 1 aliphatic heterocycles. The van der Waals surface area contributed by atoms with Crippen LogP contribution in [0.1, 0.15) is 19.8 Å². The summed E-state index contributed by atoms with van der Waals surface area (Å²) in [4.78, 5) is 4.82. The molecule has 1 aliphatic rings. The molecular formula is C19H32IN3O4S. The smallest absolute Gasteiger partial charge is 0.191 e. The third-order valence-corrected chi connectivity index (χ3v) is 5.94. The van der Waals surface area contributed by atoms with E-state index in [0.717, 1.165) is 39.2 Å². The molecule has 0 amide bonds. The van der Waals surface area contributed by atoms with Crippen molar-refractivity contribution in [1.29, 1.82) is 0 Å². The highest BCUT2D eigenvalue weighted by Crippen LogP contribution is 2.12. The van der Waals surface area contributed by atoms with Gasteiger partial charge in [0.15, 0.2) is 15.8 Å². The minimum absolute atomic E-state index is 0. The summed E-state index contributed by atoms with van der Waals surface area (Å²) in [6.07, 6.45) is 1.91. The topological polar surface area (TPSA) is 89.0 Å². The van der Waals surface area contributed by atoms with Gasteiger partial charge in [0.1, 0.15) is 0 Å². The van der Waals surface area contributed by atoms with Crippen molar-refractivity contribution in [3.63, 3.8) is 0 Å². The van der Waals surface area contributed by atoms with E-state index in [9.17, 15) is 8.42 Å². The van der Waals surface area contributed by atoms with Crippen molar-refractivity contribution in [3.05, 3.63) is 30.3 Å². The first-order valence-electron chi connectivity index (χ1n) is 9.57. The van der Waals surface area contributed by atoms with Crippen LogP contribution in [-0.2, 0) is 19.3 Å². The van der Waals surface area contributed by atoms with Crippen LogP contribution in [0.2, 0.25) is 0 Å². The van der Waals surface area contributed by atoms with E-state index in [2.05, 4.69) is 15.6 Å². The van der Waals surface area contributed by atoms with Gasteiger partial charge in [-0.15, -0.1) is 24.0 Å². The molecule has 1 atom stereocenters. The van der Waals surface area contributed by atoms with Crippen LogP contribution in [0.25, 0.3) is 0 Å². The summed E-state index contributed by atoms with van der Waals surface area (Å²) in [5.41, 5.74) is 0. The fourth-order valence-electron chi connectivity index (χ4n) is 2.71. The standard InChI is InChI=1S/C19H31N3O4S.HI/c1-2-20-19(21-10-6-12-25-15-17-9-13-26-16-17)22-11-14-27(23,24)18-7-4-3-5-8-18;/h3-5,7-8,17H,2,6,9-16H2,1H3,(H2,20,21,22);1H. The van der Waals surface area contributed by atoms with Crippen LogP contribution >= 0.6 is 24.0 Å². The maximum Gasteiger partial charge on any atom is 0.191 e. The molecule has 160 valence electrons. The summed E-state index contributed by atoms with van der Waals surface area (Å²) < 4.78 is 35.6. The van der Waals surface area contributed by atoms with Gasteiger partial charge in [-0.05, 0) is 31.9 Å². The number of halogens is 1. The molecule has 7 nitrogen and oxygen atoms in total. The number of aliphatic imine (C=N–C) groups is 1. The van der Waals surface area contributed by atoms with E-state index in [1.165, 1.54) is 0 Å². The second kappa shape index (κ2) is 14.1. The number of nitrogens with one attached hydrogen (secondary N) is 2. The summed E-state index contributed by atoms with van der Waals surface area (Å²) in [5, 5.41) is 6.22. The van der Waals surface area contributed by atoms with E-state index >= 15 is 0 Å². The zero-order valence-corrected chi connectivity index (χ0v) is 19.6. The number of guanidine groups is 1. The Kier molecular flexibility index (Phi) is 12.7. The lowest BCUT2D eigenvalue weighted by Gasteiger charge is -2.12. The van der Waals surface area contributed by atoms with Gasteiger partial charge in [0.2, 0.25) is 0 Å². The minimum Gasteiger partial charge on any atom is -0.381 e. The molecule has 28 heavy (non-hydrogen) atoms. The van der Waals surface area contributed by atoms with Crippen molar-refractivity contribution in [2.75, 3.05) is 51.8 Å². The van der Waals surface area contributed by atoms with Gasteiger partial charge in [-0.3, -0.25) is 4.99 Å². The van der Waals surface area contributed by atoms with Gasteiger partial charge in [0.25, 0.3) is 0 Å². The Balaban J connectivity index is 0.00000392. The maximum atomic E-state index is 12.3. The van der Waals surface area contributed by atoms with E-state index < -0.39 is 9.84 Å². The summed E-state index contributed by atoms with van der Waals surface area (Å²) in [6, 6.07) is 8.50. The molecule has 1 fully saturated rings. The van der Waals surface area contributed by atoms with E-state index in [1.54, 1.807) is 30.3 Å². The van der Waals surface area contributed by atoms with Crippen LogP contribution in [0.4, 0.5) is 0 Å². The first-order chi connectivity index (χ1) is 13.1. The maximum absolute atomic E-state index is 12.3. The van der Waals surface area contributed by atoms with Crippen molar-refractivity contribution in [3.8, 4) is 0 Å². The molecule has 1 aromatic rings. The van der Waals surface area contributed by atoms with Crippen LogP contribution in [0.3, 0.4) is 0 Å². The van der Waals surface area contributed by atoms with Gasteiger partial charge in [-0.25, -0.2) is 8.42 Å². The second-order valence-corrected chi connectivity index (χ2v) is 8.59. The normalized spacial score (nSPS) is 17.2. The van der Waals surface area contributed by atoms with Gasteiger partial charge in [0.05, 0.1) is 23.9 Å². The van der Waals surface area contributed by atoms with E-state index in [4.69, 9.17) is 9.47 Å². The fraction of sp³-hybridized carbons (Fsp3) is 0.632. The summed E-state index contributed by atoms with van der Waals surface area (Å²) in [5.74, 6) is 1.18. The van der Waals surface area contributed by atoms with E-state index in [1.807, 2.05) is 6.92 Å². The molecule has 1 aromatic carbocycles. The third-order valence-electron chi connectivity index (χ3n) is 4.20. The summed E-state index contributed by atoms with van der Waals surface area (Å²) in [7, 11) is -3.29. The Hall–Kier alpha value is -0.910. The first kappa shape index (κ1) is 25.1. The Bertz CT molecular complexity index is 665. The van der Waals surface area contributed by atoms with Gasteiger partial charge in [0, 0.05) is 38.8 Å². The van der Waals surface area contributed by atoms with Gasteiger partial charge < -0.3 is 20.1 Å². The van der Waals surface area contributed by atoms with Crippen LogP contribution in [0, 0.1) is 5.92 Å². The first-order valence-corrected chi connectivity index (χ1v) is 11.2. The molecule has 1 saturated heterocycles. The van der Waals surface area contributed by atoms with Gasteiger partial charge in [-0.1, -0.05) is 18.2 Å². The lowest BCUT2D eigenvalue weighted by molar-refractivity contribution is 0.0893. The quantitative estimate of drug-likeness (QED) is 0.199. The molecule has 0 bridgehead atoms. The van der Waals surface area contributed by atoms with E-state index in [0.29, 0.717) is 36.5 Å². The zero-order chi connectivity index (χ0) is 19.4. The van der Waals surface area contributed by atoms with Crippen LogP contribution in [-0.4, -0.2) is 66.2 Å². The van der Waals surface area contributed by atoms with Gasteiger partial charge in [-0.2, -0.15) is 0 Å². The average molecular weight is 525 g/mol. The molecule has 2 rings (SSSR count). The van der Waals surface area contributed by atoms with Crippen molar-refractivity contribution in [1.82, 2.24) is 10.6 Å². The number of sulfone groups is 1. The molecule has 1 heterocycles. The molecule has 0 saturated carbocycles. The minimum atomic E-state index is -3.29. The molecular weight excluding hydrogens is 493 g/mol. The molecule has 1 unspecified atom stereocenters. The number of rotatable bonds is 11. The lowest BCUT2D eigenvalue weighted by Crippen LogP contribution is -2.39. The number of nitrogens with zero attached hydrogens (tertiary/aromatic N) is 1. The zero-order valence-electron chi connectivity index (χ0n) is 16.4. The second-order valence-electron chi connectivity index (χ2n) is 6.48. The lowest BCUT2D eigenvalue weighted by atomic mass is 10.1. The van der Waals surface area contributed by atoms with Crippen molar-refractivity contribution in [2.45, 2.75) is 24.7 Å². The molecule has 0 spiro atoms. The highest BCUT2D eigenvalue weighted by Gasteiger charge is 2.15. The average Bonchev–Trinajstić information content (AvgIpc) is 3.18. The number of hydrogen-bond acceptors (Lipinski definition) is 5. The highest BCUT2D eigenvalue weighted by atomic mass is 127. The Labute approximate surface area is 185 Å². The van der Waals surface area contributed by atoms with Crippen molar-refractivity contribution in [2.24, 2.45) is 10.9 Å². The largest absolute Gasteiger partial charge is 0.381 e. The van der Waals surface area contributed by atoms with Crippen LogP contribution in [0.5, 0.6) is 0 Å². The van der Waals surface area contributed by atoms with Crippen molar-refractivity contribution >= 4 is 39.8 Å².